The van der Waals surface area contributed by atoms with Gasteiger partial charge in [-0.2, -0.15) is 4.98 Å². The molecule has 0 radical (unpaired) electrons. The van der Waals surface area contributed by atoms with Crippen LogP contribution in [0.1, 0.15) is 58.8 Å². The molecule has 0 aliphatic carbocycles. The number of rotatable bonds is 9. The lowest BCUT2D eigenvalue weighted by molar-refractivity contribution is -0.113. The highest BCUT2D eigenvalue weighted by Crippen LogP contribution is 2.40. The van der Waals surface area contributed by atoms with E-state index in [-0.39, 0.29) is 5.91 Å². The molecule has 1 aliphatic heterocycles. The summed E-state index contributed by atoms with van der Waals surface area (Å²) >= 11 is 1.55. The zero-order chi connectivity index (χ0) is 30.8. The van der Waals surface area contributed by atoms with Gasteiger partial charge < -0.3 is 20.1 Å². The lowest BCUT2D eigenvalue weighted by Crippen LogP contribution is -2.31. The van der Waals surface area contributed by atoms with Crippen molar-refractivity contribution in [1.29, 1.82) is 0 Å². The van der Waals surface area contributed by atoms with Gasteiger partial charge in [0.25, 0.3) is 5.91 Å². The molecule has 9 heteroatoms. The summed E-state index contributed by atoms with van der Waals surface area (Å²) in [6.07, 6.45) is 0. The fourth-order valence-corrected chi connectivity index (χ4v) is 5.86. The number of hydrogen-bond acceptors (Lipinski definition) is 7. The number of aryl methyl sites for hydroxylation is 4. The second kappa shape index (κ2) is 12.6. The van der Waals surface area contributed by atoms with Crippen molar-refractivity contribution in [3.05, 3.63) is 98.7 Å². The molecule has 1 amide bonds. The van der Waals surface area contributed by atoms with Crippen LogP contribution < -0.4 is 20.1 Å². The largest absolute Gasteiger partial charge is 0.493 e. The number of benzene rings is 3. The molecule has 0 saturated heterocycles. The highest BCUT2D eigenvalue weighted by Gasteiger charge is 2.35. The summed E-state index contributed by atoms with van der Waals surface area (Å²) in [5.74, 6) is 2.42. The molecule has 1 unspecified atom stereocenters. The van der Waals surface area contributed by atoms with E-state index >= 15 is 0 Å². The Morgan fingerprint density at radius 2 is 1.74 bits per heavy atom. The zero-order valence-corrected chi connectivity index (χ0v) is 26.9. The molecular formula is C34H39N5O3S. The standard InChI is InChI=1S/C34H39N5O3S/c1-9-43-34-37-33-35-24(7)30(32(40)36-27-12-10-11-19(2)23(27)6)31(39(33)38-34)25-13-14-28(29(17-25)41-8)42-18-26-16-21(4)20(3)15-22(26)5/h10-17,31H,9,18H2,1-8H3,(H,36,40)(H,35,37,38). The highest BCUT2D eigenvalue weighted by atomic mass is 32.2. The summed E-state index contributed by atoms with van der Waals surface area (Å²) in [7, 11) is 1.63. The third-order valence-corrected chi connectivity index (χ3v) is 8.76. The molecule has 0 fully saturated rings. The van der Waals surface area contributed by atoms with Crippen LogP contribution in [0.5, 0.6) is 11.5 Å². The summed E-state index contributed by atoms with van der Waals surface area (Å²) in [6.45, 7) is 14.8. The molecular weight excluding hydrogens is 558 g/mol. The summed E-state index contributed by atoms with van der Waals surface area (Å²) in [5.41, 5.74) is 9.82. The van der Waals surface area contributed by atoms with Crippen molar-refractivity contribution in [3.63, 3.8) is 0 Å². The molecule has 8 nitrogen and oxygen atoms in total. The second-order valence-corrected chi connectivity index (χ2v) is 12.2. The number of nitrogens with one attached hydrogen (secondary N) is 2. The Morgan fingerprint density at radius 3 is 2.49 bits per heavy atom. The Bertz CT molecular complexity index is 1730. The van der Waals surface area contributed by atoms with Crippen molar-refractivity contribution >= 4 is 29.3 Å². The molecule has 1 atom stereocenters. The van der Waals surface area contributed by atoms with E-state index < -0.39 is 6.04 Å². The van der Waals surface area contributed by atoms with E-state index in [2.05, 4.69) is 50.5 Å². The second-order valence-electron chi connectivity index (χ2n) is 10.9. The van der Waals surface area contributed by atoms with Gasteiger partial charge in [0.15, 0.2) is 11.5 Å². The van der Waals surface area contributed by atoms with E-state index in [1.165, 1.54) is 16.7 Å². The van der Waals surface area contributed by atoms with Crippen LogP contribution in [0.4, 0.5) is 11.6 Å². The van der Waals surface area contributed by atoms with Crippen LogP contribution in [0.3, 0.4) is 0 Å². The number of carbonyl (C=O) groups excluding carboxylic acids is 1. The minimum Gasteiger partial charge on any atom is -0.493 e. The quantitative estimate of drug-likeness (QED) is 0.194. The summed E-state index contributed by atoms with van der Waals surface area (Å²) in [5, 5.41) is 11.9. The molecule has 4 aromatic rings. The maximum Gasteiger partial charge on any atom is 0.255 e. The van der Waals surface area contributed by atoms with Gasteiger partial charge in [-0.05, 0) is 104 Å². The van der Waals surface area contributed by atoms with E-state index in [9.17, 15) is 4.79 Å². The van der Waals surface area contributed by atoms with Crippen molar-refractivity contribution in [2.24, 2.45) is 0 Å². The average molecular weight is 598 g/mol. The van der Waals surface area contributed by atoms with Crippen LogP contribution in [-0.4, -0.2) is 33.5 Å². The van der Waals surface area contributed by atoms with Crippen LogP contribution in [0.15, 0.2) is 65.0 Å². The third-order valence-electron chi connectivity index (χ3n) is 8.04. The highest BCUT2D eigenvalue weighted by molar-refractivity contribution is 7.99. The molecule has 3 aromatic carbocycles. The molecule has 0 spiro atoms. The monoisotopic (exact) mass is 597 g/mol. The van der Waals surface area contributed by atoms with Crippen LogP contribution in [0, 0.1) is 34.6 Å². The van der Waals surface area contributed by atoms with Crippen molar-refractivity contribution in [1.82, 2.24) is 14.8 Å². The van der Waals surface area contributed by atoms with Gasteiger partial charge >= 0.3 is 0 Å². The van der Waals surface area contributed by atoms with Crippen LogP contribution >= 0.6 is 11.8 Å². The van der Waals surface area contributed by atoms with Gasteiger partial charge in [-0.1, -0.05) is 49.0 Å². The Balaban J connectivity index is 1.52. The summed E-state index contributed by atoms with van der Waals surface area (Å²) in [4.78, 5) is 18.7. The summed E-state index contributed by atoms with van der Waals surface area (Å²) in [6, 6.07) is 15.5. The van der Waals surface area contributed by atoms with Crippen molar-refractivity contribution < 1.29 is 14.3 Å². The van der Waals surface area contributed by atoms with Crippen LogP contribution in [0.25, 0.3) is 0 Å². The smallest absolute Gasteiger partial charge is 0.255 e. The number of nitrogens with zero attached hydrogens (tertiary/aromatic N) is 3. The van der Waals surface area contributed by atoms with Gasteiger partial charge in [0.1, 0.15) is 12.6 Å². The van der Waals surface area contributed by atoms with Crippen molar-refractivity contribution in [2.45, 2.75) is 66.3 Å². The first kappa shape index (κ1) is 30.2. The van der Waals surface area contributed by atoms with E-state index in [1.807, 2.05) is 57.2 Å². The Morgan fingerprint density at radius 1 is 0.977 bits per heavy atom. The lowest BCUT2D eigenvalue weighted by Gasteiger charge is -2.29. The number of methoxy groups -OCH3 is 1. The Labute approximate surface area is 257 Å². The molecule has 224 valence electrons. The van der Waals surface area contributed by atoms with Gasteiger partial charge in [0.05, 0.1) is 12.7 Å². The number of carbonyl (C=O) groups is 1. The average Bonchev–Trinajstić information content (AvgIpc) is 3.37. The topological polar surface area (TPSA) is 90.3 Å². The van der Waals surface area contributed by atoms with Gasteiger partial charge in [0.2, 0.25) is 11.1 Å². The fraction of sp³-hybridized carbons (Fsp3) is 0.324. The Hall–Kier alpha value is -4.24. The number of fused-ring (bicyclic) bond motifs is 1. The predicted octanol–water partition coefficient (Wildman–Crippen LogP) is 7.45. The van der Waals surface area contributed by atoms with Gasteiger partial charge in [-0.15, -0.1) is 5.10 Å². The molecule has 2 heterocycles. The number of allylic oxidation sites excluding steroid dienone is 1. The van der Waals surface area contributed by atoms with E-state index in [4.69, 9.17) is 19.6 Å². The zero-order valence-electron chi connectivity index (χ0n) is 26.1. The van der Waals surface area contributed by atoms with Gasteiger partial charge in [-0.25, -0.2) is 4.68 Å². The number of ether oxygens (including phenoxy) is 2. The normalized spacial score (nSPS) is 14.3. The number of hydrogen-bond donors (Lipinski definition) is 2. The molecule has 43 heavy (non-hydrogen) atoms. The van der Waals surface area contributed by atoms with E-state index in [0.29, 0.717) is 40.5 Å². The molecule has 0 saturated carbocycles. The molecule has 2 N–H and O–H groups in total. The maximum atomic E-state index is 14.0. The van der Waals surface area contributed by atoms with Crippen LogP contribution in [0.2, 0.25) is 0 Å². The van der Waals surface area contributed by atoms with Crippen molar-refractivity contribution in [3.8, 4) is 11.5 Å². The fourth-order valence-electron chi connectivity index (χ4n) is 5.30. The lowest BCUT2D eigenvalue weighted by atomic mass is 9.94. The molecule has 5 rings (SSSR count). The third kappa shape index (κ3) is 6.13. The first-order valence-corrected chi connectivity index (χ1v) is 15.4. The number of anilines is 2. The van der Waals surface area contributed by atoms with E-state index in [0.717, 1.165) is 33.7 Å². The first-order valence-electron chi connectivity index (χ1n) is 14.4. The minimum absolute atomic E-state index is 0.209. The number of aromatic nitrogens is 3. The molecule has 0 bridgehead atoms. The van der Waals surface area contributed by atoms with E-state index in [1.54, 1.807) is 23.6 Å². The van der Waals surface area contributed by atoms with Crippen molar-refractivity contribution in [2.75, 3.05) is 23.5 Å². The number of amides is 1. The van der Waals surface area contributed by atoms with Crippen LogP contribution in [-0.2, 0) is 11.4 Å². The molecule has 1 aromatic heterocycles. The van der Waals surface area contributed by atoms with Gasteiger partial charge in [-0.3, -0.25) is 4.79 Å². The molecule has 1 aliphatic rings. The maximum absolute atomic E-state index is 14.0. The minimum atomic E-state index is -0.537. The predicted molar refractivity (Wildman–Crippen MR) is 173 cm³/mol. The SMILES string of the molecule is CCSc1nc2n(n1)C(c1ccc(OCc3cc(C)c(C)cc3C)c(OC)c1)C(C(=O)Nc1cccc(C)c1C)=C(C)N2. The Kier molecular flexibility index (Phi) is 8.82. The number of thioether (sulfide) groups is 1. The van der Waals surface area contributed by atoms with Gasteiger partial charge in [0, 0.05) is 11.4 Å². The first-order chi connectivity index (χ1) is 20.6. The summed E-state index contributed by atoms with van der Waals surface area (Å²) < 4.78 is 13.9.